The van der Waals surface area contributed by atoms with Gasteiger partial charge >= 0.3 is 5.97 Å². The van der Waals surface area contributed by atoms with Crippen molar-refractivity contribution in [2.75, 3.05) is 11.9 Å². The summed E-state index contributed by atoms with van der Waals surface area (Å²) in [5.74, 6) is -1.61. The number of carbonyl (C=O) groups is 1. The number of benzene rings is 1. The third-order valence-corrected chi connectivity index (χ3v) is 2.78. The van der Waals surface area contributed by atoms with Crippen LogP contribution >= 0.6 is 0 Å². The van der Waals surface area contributed by atoms with E-state index < -0.39 is 17.8 Å². The minimum Gasteiger partial charge on any atom is -0.479 e. The number of carboxylic acids is 1. The zero-order chi connectivity index (χ0) is 15.4. The van der Waals surface area contributed by atoms with Crippen LogP contribution in [-0.4, -0.2) is 37.8 Å². The summed E-state index contributed by atoms with van der Waals surface area (Å²) < 4.78 is 14.7. The van der Waals surface area contributed by atoms with Gasteiger partial charge in [0.15, 0.2) is 6.04 Å². The fourth-order valence-corrected chi connectivity index (χ4v) is 1.91. The van der Waals surface area contributed by atoms with Crippen LogP contribution in [0.3, 0.4) is 0 Å². The number of rotatable bonds is 6. The van der Waals surface area contributed by atoms with E-state index in [1.165, 1.54) is 23.0 Å². The Bertz CT molecular complexity index is 624. The van der Waals surface area contributed by atoms with Crippen LogP contribution in [0, 0.1) is 12.7 Å². The maximum atomic E-state index is 13.3. The lowest BCUT2D eigenvalue weighted by Gasteiger charge is -2.13. The Kier molecular flexibility index (Phi) is 4.49. The molecule has 0 aliphatic rings. The van der Waals surface area contributed by atoms with E-state index in [1.54, 1.807) is 13.0 Å². The number of aliphatic hydroxyl groups excluding tert-OH is 1. The summed E-state index contributed by atoms with van der Waals surface area (Å²) in [6.45, 7) is 1.80. The highest BCUT2D eigenvalue weighted by Gasteiger charge is 2.23. The lowest BCUT2D eigenvalue weighted by atomic mass is 10.1. The first-order valence-corrected chi connectivity index (χ1v) is 6.27. The third-order valence-electron chi connectivity index (χ3n) is 2.78. The number of carboxylic acid groups (broad SMARTS) is 1. The quantitative estimate of drug-likeness (QED) is 0.733. The molecule has 0 amide bonds. The number of aryl methyl sites for hydroxylation is 1. The number of halogens is 1. The van der Waals surface area contributed by atoms with E-state index in [4.69, 9.17) is 5.11 Å². The van der Waals surface area contributed by atoms with Crippen LogP contribution in [0.15, 0.2) is 24.4 Å². The van der Waals surface area contributed by atoms with Crippen molar-refractivity contribution in [1.29, 1.82) is 0 Å². The van der Waals surface area contributed by atoms with Crippen molar-refractivity contribution >= 4 is 11.7 Å². The molecule has 0 radical (unpaired) electrons. The number of nitrogens with zero attached hydrogens (tertiary/aromatic N) is 3. The Labute approximate surface area is 120 Å². The first kappa shape index (κ1) is 14.9. The first-order valence-electron chi connectivity index (χ1n) is 6.27. The summed E-state index contributed by atoms with van der Waals surface area (Å²) in [6.07, 6.45) is 1.42. The molecular formula is C13H15FN4O3. The van der Waals surface area contributed by atoms with E-state index in [0.29, 0.717) is 11.3 Å². The topological polar surface area (TPSA) is 100 Å². The average Bonchev–Trinajstić information content (AvgIpc) is 2.83. The molecule has 3 N–H and O–H groups in total. The fraction of sp³-hybridized carbons (Fsp3) is 0.308. The van der Waals surface area contributed by atoms with Crippen molar-refractivity contribution in [3.63, 3.8) is 0 Å². The molecule has 0 aliphatic heterocycles. The summed E-state index contributed by atoms with van der Waals surface area (Å²) in [5.41, 5.74) is 1.19. The molecule has 2 aromatic rings. The molecule has 2 rings (SSSR count). The second-order valence-corrected chi connectivity index (χ2v) is 4.56. The highest BCUT2D eigenvalue weighted by Crippen LogP contribution is 2.20. The van der Waals surface area contributed by atoms with Gasteiger partial charge in [-0.25, -0.2) is 13.9 Å². The van der Waals surface area contributed by atoms with Crippen LogP contribution in [0.4, 0.5) is 10.1 Å². The molecule has 112 valence electrons. The van der Waals surface area contributed by atoms with Gasteiger partial charge in [0, 0.05) is 5.69 Å². The smallest absolute Gasteiger partial charge is 0.332 e. The lowest BCUT2D eigenvalue weighted by Crippen LogP contribution is -2.21. The van der Waals surface area contributed by atoms with Crippen LogP contribution < -0.4 is 5.32 Å². The molecule has 1 aromatic carbocycles. The van der Waals surface area contributed by atoms with Crippen molar-refractivity contribution < 1.29 is 19.4 Å². The molecule has 1 aromatic heterocycles. The average molecular weight is 294 g/mol. The predicted octanol–water partition coefficient (Wildman–Crippen LogP) is 0.956. The molecule has 7 nitrogen and oxygen atoms in total. The van der Waals surface area contributed by atoms with E-state index in [1.807, 2.05) is 0 Å². The number of aliphatic hydroxyl groups is 1. The standard InChI is InChI=1S/C13H15FN4O3/c1-8-4-9(14)6-10(5-8)15-12(13(20)21)11-7-18(2-3-19)17-16-11/h4-7,12,15,19H,2-3H2,1H3,(H,20,21). The van der Waals surface area contributed by atoms with Crippen molar-refractivity contribution in [2.45, 2.75) is 19.5 Å². The van der Waals surface area contributed by atoms with Gasteiger partial charge in [0.05, 0.1) is 19.3 Å². The van der Waals surface area contributed by atoms with Crippen molar-refractivity contribution in [1.82, 2.24) is 15.0 Å². The van der Waals surface area contributed by atoms with E-state index in [2.05, 4.69) is 15.6 Å². The molecule has 0 saturated carbocycles. The van der Waals surface area contributed by atoms with E-state index in [9.17, 15) is 14.3 Å². The van der Waals surface area contributed by atoms with Crippen molar-refractivity contribution in [2.24, 2.45) is 0 Å². The van der Waals surface area contributed by atoms with Gasteiger partial charge in [0.2, 0.25) is 0 Å². The molecule has 1 unspecified atom stereocenters. The van der Waals surface area contributed by atoms with Crippen LogP contribution in [0.25, 0.3) is 0 Å². The first-order chi connectivity index (χ1) is 9.99. The van der Waals surface area contributed by atoms with Crippen LogP contribution in [-0.2, 0) is 11.3 Å². The number of aromatic nitrogens is 3. The molecule has 1 atom stereocenters. The Balaban J connectivity index is 2.24. The molecule has 1 heterocycles. The fourth-order valence-electron chi connectivity index (χ4n) is 1.91. The maximum absolute atomic E-state index is 13.3. The number of hydrogen-bond donors (Lipinski definition) is 3. The van der Waals surface area contributed by atoms with Gasteiger partial charge < -0.3 is 15.5 Å². The molecule has 0 spiro atoms. The second-order valence-electron chi connectivity index (χ2n) is 4.56. The van der Waals surface area contributed by atoms with E-state index in [-0.39, 0.29) is 18.8 Å². The summed E-state index contributed by atoms with van der Waals surface area (Å²) in [4.78, 5) is 11.4. The highest BCUT2D eigenvalue weighted by atomic mass is 19.1. The van der Waals surface area contributed by atoms with Gasteiger partial charge in [-0.05, 0) is 30.7 Å². The number of aliphatic carboxylic acids is 1. The van der Waals surface area contributed by atoms with Gasteiger partial charge in [-0.3, -0.25) is 0 Å². The Morgan fingerprint density at radius 3 is 2.86 bits per heavy atom. The molecule has 8 heteroatoms. The predicted molar refractivity (Wildman–Crippen MR) is 72.2 cm³/mol. The molecule has 0 bridgehead atoms. The summed E-state index contributed by atoms with van der Waals surface area (Å²) in [7, 11) is 0. The largest absolute Gasteiger partial charge is 0.479 e. The van der Waals surface area contributed by atoms with Gasteiger partial charge in [0.25, 0.3) is 0 Å². The number of anilines is 1. The Hall–Kier alpha value is -2.48. The van der Waals surface area contributed by atoms with Crippen LogP contribution in [0.2, 0.25) is 0 Å². The van der Waals surface area contributed by atoms with Gasteiger partial charge in [-0.2, -0.15) is 0 Å². The van der Waals surface area contributed by atoms with Crippen LogP contribution in [0.1, 0.15) is 17.3 Å². The second kappa shape index (κ2) is 6.31. The Morgan fingerprint density at radius 2 is 2.24 bits per heavy atom. The monoisotopic (exact) mass is 294 g/mol. The molecule has 0 fully saturated rings. The zero-order valence-electron chi connectivity index (χ0n) is 11.3. The minimum absolute atomic E-state index is 0.128. The van der Waals surface area contributed by atoms with Gasteiger partial charge in [-0.1, -0.05) is 5.21 Å². The Morgan fingerprint density at radius 1 is 1.48 bits per heavy atom. The number of nitrogens with one attached hydrogen (secondary N) is 1. The number of hydrogen-bond acceptors (Lipinski definition) is 5. The van der Waals surface area contributed by atoms with Crippen LogP contribution in [0.5, 0.6) is 0 Å². The van der Waals surface area contributed by atoms with Gasteiger partial charge in [0.1, 0.15) is 11.5 Å². The molecule has 21 heavy (non-hydrogen) atoms. The molecular weight excluding hydrogens is 279 g/mol. The molecule has 0 aliphatic carbocycles. The third kappa shape index (κ3) is 3.76. The summed E-state index contributed by atoms with van der Waals surface area (Å²) >= 11 is 0. The summed E-state index contributed by atoms with van der Waals surface area (Å²) in [5, 5.41) is 28.3. The van der Waals surface area contributed by atoms with E-state index >= 15 is 0 Å². The maximum Gasteiger partial charge on any atom is 0.332 e. The minimum atomic E-state index is -1.16. The lowest BCUT2D eigenvalue weighted by molar-refractivity contribution is -0.138. The van der Waals surface area contributed by atoms with E-state index in [0.717, 1.165) is 0 Å². The highest BCUT2D eigenvalue weighted by molar-refractivity contribution is 5.78. The van der Waals surface area contributed by atoms with Gasteiger partial charge in [-0.15, -0.1) is 5.10 Å². The summed E-state index contributed by atoms with van der Waals surface area (Å²) in [6, 6.07) is 3.04. The SMILES string of the molecule is Cc1cc(F)cc(NC(C(=O)O)c2cn(CCO)nn2)c1. The van der Waals surface area contributed by atoms with Crippen molar-refractivity contribution in [3.05, 3.63) is 41.5 Å². The zero-order valence-corrected chi connectivity index (χ0v) is 11.3. The normalized spacial score (nSPS) is 12.1. The molecule has 0 saturated heterocycles. The van der Waals surface area contributed by atoms with Crippen molar-refractivity contribution in [3.8, 4) is 0 Å².